The fourth-order valence-corrected chi connectivity index (χ4v) is 4.93. The van der Waals surface area contributed by atoms with Crippen molar-refractivity contribution in [2.75, 3.05) is 11.5 Å². The van der Waals surface area contributed by atoms with Crippen LogP contribution in [-0.4, -0.2) is 20.2 Å². The van der Waals surface area contributed by atoms with Gasteiger partial charge in [0.2, 0.25) is 0 Å². The van der Waals surface area contributed by atoms with Gasteiger partial charge in [-0.3, -0.25) is 3.71 Å². The molecule has 0 aliphatic rings. The Bertz CT molecular complexity index is 236. The minimum Gasteiger partial charge on any atom is -0.252 e. The third-order valence-electron chi connectivity index (χ3n) is 3.62. The number of hydrogen-bond donors (Lipinski definition) is 0. The predicted octanol–water partition coefficient (Wildman–Crippen LogP) is 7.12. The van der Waals surface area contributed by atoms with E-state index in [1.807, 2.05) is 23.9 Å². The maximum atomic E-state index is 5.75. The van der Waals surface area contributed by atoms with Gasteiger partial charge in [0.15, 0.2) is 0 Å². The molecule has 0 aromatic carbocycles. The first-order valence-electron chi connectivity index (χ1n) is 8.78. The first kappa shape index (κ1) is 21.6. The van der Waals surface area contributed by atoms with Crippen LogP contribution < -0.4 is 0 Å². The number of unbranched alkanes of at least 4 members (excludes halogenated alkanes) is 3. The molecule has 0 bridgehead atoms. The third kappa shape index (κ3) is 11.8. The van der Waals surface area contributed by atoms with Crippen molar-refractivity contribution in [1.82, 2.24) is 3.71 Å². The van der Waals surface area contributed by atoms with Gasteiger partial charge in [0, 0.05) is 17.9 Å². The lowest BCUT2D eigenvalue weighted by Crippen LogP contribution is -2.20. The second-order valence-electron chi connectivity index (χ2n) is 5.65. The van der Waals surface area contributed by atoms with Crippen LogP contribution in [0.5, 0.6) is 0 Å². The first-order valence-corrected chi connectivity index (χ1v) is 11.1. The monoisotopic (exact) mass is 349 g/mol. The van der Waals surface area contributed by atoms with Gasteiger partial charge in [-0.1, -0.05) is 78.4 Å². The van der Waals surface area contributed by atoms with Crippen molar-refractivity contribution in [2.24, 2.45) is 5.92 Å². The zero-order chi connectivity index (χ0) is 15.9. The molecule has 0 N–H and O–H groups in total. The summed E-state index contributed by atoms with van der Waals surface area (Å²) in [5.41, 5.74) is 0. The highest BCUT2D eigenvalue weighted by molar-refractivity contribution is 8.13. The Kier molecular flexibility index (Phi) is 15.9. The maximum absolute atomic E-state index is 5.75. The Hall–Kier alpha value is 0.590. The first-order chi connectivity index (χ1) is 10.2. The Morgan fingerprint density at radius 3 is 1.86 bits per heavy atom. The fraction of sp³-hybridized carbons (Fsp3) is 0.941. The van der Waals surface area contributed by atoms with E-state index in [4.69, 9.17) is 12.2 Å². The standard InChI is InChI=1S/C17H35NS3/c1-5-9-12-16(8-4)15-17(19)18(20-13-10-6-2)21-14-11-7-3/h16H,5-15H2,1-4H3. The summed E-state index contributed by atoms with van der Waals surface area (Å²) in [7, 11) is 0. The van der Waals surface area contributed by atoms with E-state index in [1.165, 1.54) is 67.9 Å². The van der Waals surface area contributed by atoms with Gasteiger partial charge in [0.25, 0.3) is 0 Å². The van der Waals surface area contributed by atoms with Gasteiger partial charge in [0.1, 0.15) is 0 Å². The molecule has 0 fully saturated rings. The zero-order valence-corrected chi connectivity index (χ0v) is 17.0. The Balaban J connectivity index is 4.30. The van der Waals surface area contributed by atoms with Crippen molar-refractivity contribution in [3.63, 3.8) is 0 Å². The van der Waals surface area contributed by atoms with Gasteiger partial charge >= 0.3 is 0 Å². The van der Waals surface area contributed by atoms with Gasteiger partial charge in [0.05, 0.1) is 4.99 Å². The van der Waals surface area contributed by atoms with Crippen molar-refractivity contribution < 1.29 is 0 Å². The van der Waals surface area contributed by atoms with Gasteiger partial charge in [-0.05, 0) is 42.7 Å². The lowest BCUT2D eigenvalue weighted by molar-refractivity contribution is 0.464. The lowest BCUT2D eigenvalue weighted by atomic mass is 9.96. The summed E-state index contributed by atoms with van der Waals surface area (Å²) in [6.07, 6.45) is 11.4. The van der Waals surface area contributed by atoms with E-state index in [-0.39, 0.29) is 0 Å². The summed E-state index contributed by atoms with van der Waals surface area (Å²) in [5, 5.41) is 0. The molecule has 1 atom stereocenters. The molecule has 0 rings (SSSR count). The summed E-state index contributed by atoms with van der Waals surface area (Å²) >= 11 is 9.62. The number of nitrogens with zero attached hydrogens (tertiary/aromatic N) is 1. The molecule has 0 aliphatic carbocycles. The lowest BCUT2D eigenvalue weighted by Gasteiger charge is -2.25. The third-order valence-corrected chi connectivity index (χ3v) is 6.69. The average Bonchev–Trinajstić information content (AvgIpc) is 2.49. The van der Waals surface area contributed by atoms with Gasteiger partial charge in [-0.15, -0.1) is 0 Å². The minimum absolute atomic E-state index is 0.776. The van der Waals surface area contributed by atoms with Crippen molar-refractivity contribution in [2.45, 2.75) is 85.5 Å². The smallest absolute Gasteiger partial charge is 0.0996 e. The minimum atomic E-state index is 0.776. The SMILES string of the molecule is CCCCSN(SCCCC)C(=S)CC(CC)CCCC. The van der Waals surface area contributed by atoms with Crippen LogP contribution >= 0.6 is 36.1 Å². The second kappa shape index (κ2) is 15.5. The van der Waals surface area contributed by atoms with E-state index in [2.05, 4.69) is 31.4 Å². The van der Waals surface area contributed by atoms with Crippen LogP contribution in [-0.2, 0) is 0 Å². The van der Waals surface area contributed by atoms with Crippen molar-refractivity contribution in [3.05, 3.63) is 0 Å². The Morgan fingerprint density at radius 1 is 0.905 bits per heavy atom. The van der Waals surface area contributed by atoms with Crippen LogP contribution in [0.1, 0.15) is 85.5 Å². The molecule has 0 saturated carbocycles. The van der Waals surface area contributed by atoms with Crippen molar-refractivity contribution >= 4 is 41.1 Å². The molecule has 0 radical (unpaired) electrons. The molecule has 0 aromatic heterocycles. The molecule has 21 heavy (non-hydrogen) atoms. The quantitative estimate of drug-likeness (QED) is 0.186. The molecule has 1 unspecified atom stereocenters. The average molecular weight is 350 g/mol. The largest absolute Gasteiger partial charge is 0.252 e. The van der Waals surface area contributed by atoms with Crippen LogP contribution in [0.4, 0.5) is 0 Å². The van der Waals surface area contributed by atoms with Crippen molar-refractivity contribution in [1.29, 1.82) is 0 Å². The van der Waals surface area contributed by atoms with Crippen molar-refractivity contribution in [3.8, 4) is 0 Å². The van der Waals surface area contributed by atoms with E-state index < -0.39 is 0 Å². The van der Waals surface area contributed by atoms with Gasteiger partial charge < -0.3 is 0 Å². The predicted molar refractivity (Wildman–Crippen MR) is 107 cm³/mol. The molecule has 0 saturated heterocycles. The number of hydrogen-bond acceptors (Lipinski definition) is 3. The summed E-state index contributed by atoms with van der Waals surface area (Å²) in [6.45, 7) is 9.09. The zero-order valence-electron chi connectivity index (χ0n) is 14.5. The molecule has 1 nitrogen and oxygen atoms in total. The highest BCUT2D eigenvalue weighted by Crippen LogP contribution is 2.29. The topological polar surface area (TPSA) is 3.24 Å². The fourth-order valence-electron chi connectivity index (χ4n) is 2.03. The molecule has 126 valence electrons. The second-order valence-corrected chi connectivity index (χ2v) is 8.41. The number of thiocarbonyl (C=S) groups is 1. The van der Waals surface area contributed by atoms with E-state index in [0.29, 0.717) is 0 Å². The highest BCUT2D eigenvalue weighted by atomic mass is 32.2. The Morgan fingerprint density at radius 2 is 1.43 bits per heavy atom. The molecular formula is C17H35NS3. The summed E-state index contributed by atoms with van der Waals surface area (Å²) in [6, 6.07) is 0. The summed E-state index contributed by atoms with van der Waals surface area (Å²) < 4.78 is 2.36. The van der Waals surface area contributed by atoms with E-state index in [9.17, 15) is 0 Å². The molecule has 0 amide bonds. The van der Waals surface area contributed by atoms with E-state index in [0.717, 1.165) is 12.3 Å². The highest BCUT2D eigenvalue weighted by Gasteiger charge is 2.16. The van der Waals surface area contributed by atoms with Gasteiger partial charge in [-0.25, -0.2) is 0 Å². The molecular weight excluding hydrogens is 314 g/mol. The molecule has 0 aromatic rings. The van der Waals surface area contributed by atoms with Crippen LogP contribution in [0.25, 0.3) is 0 Å². The molecule has 4 heteroatoms. The number of rotatable bonds is 14. The maximum Gasteiger partial charge on any atom is 0.0996 e. The molecule has 0 heterocycles. The molecule has 0 aliphatic heterocycles. The van der Waals surface area contributed by atoms with Crippen LogP contribution in [0.3, 0.4) is 0 Å². The van der Waals surface area contributed by atoms with Crippen LogP contribution in [0.2, 0.25) is 0 Å². The van der Waals surface area contributed by atoms with Crippen LogP contribution in [0, 0.1) is 5.92 Å². The van der Waals surface area contributed by atoms with Gasteiger partial charge in [-0.2, -0.15) is 0 Å². The molecule has 0 spiro atoms. The van der Waals surface area contributed by atoms with Crippen LogP contribution in [0.15, 0.2) is 0 Å². The van der Waals surface area contributed by atoms with E-state index in [1.54, 1.807) is 0 Å². The normalized spacial score (nSPS) is 12.4. The summed E-state index contributed by atoms with van der Waals surface area (Å²) in [5.74, 6) is 3.17. The Labute approximate surface area is 147 Å². The van der Waals surface area contributed by atoms with E-state index >= 15 is 0 Å². The summed E-state index contributed by atoms with van der Waals surface area (Å²) in [4.78, 5) is 1.17.